The number of amides is 1. The first kappa shape index (κ1) is 16.3. The number of carbonyl (C=O) groups excluding carboxylic acids is 1. The molecule has 0 aliphatic carbocycles. The van der Waals surface area contributed by atoms with Gasteiger partial charge < -0.3 is 9.88 Å². The quantitative estimate of drug-likeness (QED) is 0.792. The van der Waals surface area contributed by atoms with Crippen LogP contribution in [-0.2, 0) is 10.0 Å². The van der Waals surface area contributed by atoms with Crippen molar-refractivity contribution in [2.45, 2.75) is 24.7 Å². The lowest BCUT2D eigenvalue weighted by Gasteiger charge is -2.04. The van der Waals surface area contributed by atoms with Crippen molar-refractivity contribution < 1.29 is 13.2 Å². The molecule has 1 heterocycles. The van der Waals surface area contributed by atoms with Gasteiger partial charge in [-0.15, -0.1) is 0 Å². The van der Waals surface area contributed by atoms with Gasteiger partial charge in [0.15, 0.2) is 0 Å². The molecule has 0 spiro atoms. The Morgan fingerprint density at radius 1 is 1.23 bits per heavy atom. The zero-order valence-electron chi connectivity index (χ0n) is 12.3. The fraction of sp³-hybridized carbons (Fsp3) is 0.267. The maximum atomic E-state index is 11.9. The van der Waals surface area contributed by atoms with Gasteiger partial charge in [0.2, 0.25) is 10.0 Å². The molecule has 22 heavy (non-hydrogen) atoms. The standard InChI is InChI=1S/C15H19N3O3S/c1-2-3-9-17-15(19)12-8-10-18(11-12)13-4-6-14(7-5-13)22(16,20)21/h4-8,10-11H,2-3,9H2,1H3,(H,17,19)(H2,16,20,21). The molecule has 0 radical (unpaired) electrons. The largest absolute Gasteiger partial charge is 0.352 e. The molecule has 6 nitrogen and oxygen atoms in total. The van der Waals surface area contributed by atoms with Crippen molar-refractivity contribution >= 4 is 15.9 Å². The Balaban J connectivity index is 2.12. The molecule has 2 aromatic rings. The molecule has 3 N–H and O–H groups in total. The lowest BCUT2D eigenvalue weighted by atomic mass is 10.3. The van der Waals surface area contributed by atoms with Crippen LogP contribution in [0.25, 0.3) is 5.69 Å². The highest BCUT2D eigenvalue weighted by molar-refractivity contribution is 7.89. The second kappa shape index (κ2) is 6.76. The first-order chi connectivity index (χ1) is 10.4. The van der Waals surface area contributed by atoms with Crippen LogP contribution >= 0.6 is 0 Å². The summed E-state index contributed by atoms with van der Waals surface area (Å²) in [4.78, 5) is 12.0. The van der Waals surface area contributed by atoms with E-state index in [2.05, 4.69) is 12.2 Å². The first-order valence-electron chi connectivity index (χ1n) is 7.01. The topological polar surface area (TPSA) is 94.2 Å². The van der Waals surface area contributed by atoms with E-state index in [1.165, 1.54) is 12.1 Å². The van der Waals surface area contributed by atoms with Crippen LogP contribution in [0.3, 0.4) is 0 Å². The van der Waals surface area contributed by atoms with Crippen LogP contribution in [0.4, 0.5) is 0 Å². The van der Waals surface area contributed by atoms with E-state index in [0.717, 1.165) is 18.5 Å². The van der Waals surface area contributed by atoms with E-state index in [0.29, 0.717) is 12.1 Å². The number of sulfonamides is 1. The second-order valence-corrected chi connectivity index (χ2v) is 6.52. The average molecular weight is 321 g/mol. The fourth-order valence-electron chi connectivity index (χ4n) is 1.98. The van der Waals surface area contributed by atoms with Crippen LogP contribution in [0.15, 0.2) is 47.6 Å². The number of aromatic nitrogens is 1. The van der Waals surface area contributed by atoms with Crippen molar-refractivity contribution in [3.05, 3.63) is 48.3 Å². The Hall–Kier alpha value is -2.12. The predicted molar refractivity (Wildman–Crippen MR) is 84.4 cm³/mol. The van der Waals surface area contributed by atoms with Gasteiger partial charge in [-0.1, -0.05) is 13.3 Å². The van der Waals surface area contributed by atoms with Crippen molar-refractivity contribution in [1.29, 1.82) is 0 Å². The van der Waals surface area contributed by atoms with Crippen LogP contribution in [0.5, 0.6) is 0 Å². The molecule has 2 rings (SSSR count). The highest BCUT2D eigenvalue weighted by atomic mass is 32.2. The second-order valence-electron chi connectivity index (χ2n) is 4.96. The van der Waals surface area contributed by atoms with Crippen molar-refractivity contribution in [3.8, 4) is 5.69 Å². The summed E-state index contributed by atoms with van der Waals surface area (Å²) in [5.74, 6) is -0.117. The summed E-state index contributed by atoms with van der Waals surface area (Å²) < 4.78 is 24.2. The Labute approximate surface area is 130 Å². The Bertz CT molecular complexity index is 749. The monoisotopic (exact) mass is 321 g/mol. The van der Waals surface area contributed by atoms with Gasteiger partial charge in [-0.2, -0.15) is 0 Å². The number of carbonyl (C=O) groups is 1. The smallest absolute Gasteiger partial charge is 0.252 e. The summed E-state index contributed by atoms with van der Waals surface area (Å²) in [5, 5.41) is 7.91. The molecule has 1 aromatic carbocycles. The van der Waals surface area contributed by atoms with E-state index in [9.17, 15) is 13.2 Å². The maximum Gasteiger partial charge on any atom is 0.252 e. The summed E-state index contributed by atoms with van der Waals surface area (Å²) >= 11 is 0. The van der Waals surface area contributed by atoms with E-state index in [-0.39, 0.29) is 10.8 Å². The third kappa shape index (κ3) is 3.96. The molecular weight excluding hydrogens is 302 g/mol. The van der Waals surface area contributed by atoms with Gasteiger partial charge in [0.05, 0.1) is 10.5 Å². The lowest BCUT2D eigenvalue weighted by molar-refractivity contribution is 0.0953. The molecule has 0 fully saturated rings. The zero-order chi connectivity index (χ0) is 16.2. The summed E-state index contributed by atoms with van der Waals surface area (Å²) in [6.07, 6.45) is 5.42. The minimum atomic E-state index is -3.70. The molecule has 1 aromatic heterocycles. The Morgan fingerprint density at radius 2 is 1.91 bits per heavy atom. The molecule has 0 aliphatic rings. The molecule has 0 unspecified atom stereocenters. The first-order valence-corrected chi connectivity index (χ1v) is 8.56. The van der Waals surface area contributed by atoms with Crippen LogP contribution in [-0.4, -0.2) is 25.4 Å². The fourth-order valence-corrected chi connectivity index (χ4v) is 2.50. The lowest BCUT2D eigenvalue weighted by Crippen LogP contribution is -2.23. The molecule has 0 atom stereocenters. The number of hydrogen-bond acceptors (Lipinski definition) is 3. The van der Waals surface area contributed by atoms with Crippen LogP contribution in [0.1, 0.15) is 30.1 Å². The summed E-state index contributed by atoms with van der Waals surface area (Å²) in [5.41, 5.74) is 1.31. The minimum Gasteiger partial charge on any atom is -0.352 e. The van der Waals surface area contributed by atoms with Gasteiger partial charge >= 0.3 is 0 Å². The highest BCUT2D eigenvalue weighted by Gasteiger charge is 2.09. The molecule has 0 saturated heterocycles. The van der Waals surface area contributed by atoms with Crippen LogP contribution in [0, 0.1) is 0 Å². The molecule has 118 valence electrons. The number of unbranched alkanes of at least 4 members (excludes halogenated alkanes) is 1. The number of rotatable bonds is 6. The van der Waals surface area contributed by atoms with E-state index in [1.54, 1.807) is 35.2 Å². The van der Waals surface area contributed by atoms with Crippen LogP contribution < -0.4 is 10.5 Å². The number of hydrogen-bond donors (Lipinski definition) is 2. The third-order valence-corrected chi connectivity index (χ3v) is 4.16. The zero-order valence-corrected chi connectivity index (χ0v) is 13.1. The number of primary sulfonamides is 1. The van der Waals surface area contributed by atoms with E-state index < -0.39 is 10.0 Å². The van der Waals surface area contributed by atoms with Gasteiger partial charge in [-0.3, -0.25) is 4.79 Å². The van der Waals surface area contributed by atoms with Crippen molar-refractivity contribution in [2.24, 2.45) is 5.14 Å². The van der Waals surface area contributed by atoms with Gasteiger partial charge in [-0.05, 0) is 36.8 Å². The summed E-state index contributed by atoms with van der Waals surface area (Å²) in [6, 6.07) is 7.86. The molecule has 7 heteroatoms. The molecule has 0 saturated carbocycles. The Morgan fingerprint density at radius 3 is 2.50 bits per heavy atom. The molecule has 1 amide bonds. The molecule has 0 aliphatic heterocycles. The summed E-state index contributed by atoms with van der Waals surface area (Å²) in [6.45, 7) is 2.72. The SMILES string of the molecule is CCCCNC(=O)c1ccn(-c2ccc(S(N)(=O)=O)cc2)c1. The number of benzene rings is 1. The third-order valence-electron chi connectivity index (χ3n) is 3.23. The highest BCUT2D eigenvalue weighted by Crippen LogP contribution is 2.14. The number of nitrogens with one attached hydrogen (secondary N) is 1. The minimum absolute atomic E-state index is 0.0564. The predicted octanol–water partition coefficient (Wildman–Crippen LogP) is 1.65. The van der Waals surface area contributed by atoms with Gasteiger partial charge in [0.25, 0.3) is 5.91 Å². The van der Waals surface area contributed by atoms with Crippen molar-refractivity contribution in [3.63, 3.8) is 0 Å². The Kier molecular flexibility index (Phi) is 4.99. The van der Waals surface area contributed by atoms with E-state index in [1.807, 2.05) is 0 Å². The maximum absolute atomic E-state index is 11.9. The van der Waals surface area contributed by atoms with Gasteiger partial charge in [-0.25, -0.2) is 13.6 Å². The van der Waals surface area contributed by atoms with Gasteiger partial charge in [0, 0.05) is 24.6 Å². The van der Waals surface area contributed by atoms with E-state index >= 15 is 0 Å². The van der Waals surface area contributed by atoms with E-state index in [4.69, 9.17) is 5.14 Å². The normalized spacial score (nSPS) is 11.4. The van der Waals surface area contributed by atoms with Gasteiger partial charge in [0.1, 0.15) is 0 Å². The summed E-state index contributed by atoms with van der Waals surface area (Å²) in [7, 11) is -3.70. The molecule has 0 bridgehead atoms. The average Bonchev–Trinajstić information content (AvgIpc) is 2.96. The molecular formula is C15H19N3O3S. The number of nitrogens with two attached hydrogens (primary N) is 1. The van der Waals surface area contributed by atoms with Crippen molar-refractivity contribution in [1.82, 2.24) is 9.88 Å². The van der Waals surface area contributed by atoms with Crippen LogP contribution in [0.2, 0.25) is 0 Å². The number of nitrogens with zero attached hydrogens (tertiary/aromatic N) is 1. The van der Waals surface area contributed by atoms with Crippen molar-refractivity contribution in [2.75, 3.05) is 6.54 Å².